The number of quaternary nitrogens is 1. The molecule has 0 radical (unpaired) electrons. The molecule has 0 saturated heterocycles. The van der Waals surface area contributed by atoms with Gasteiger partial charge in [0.15, 0.2) is 0 Å². The third-order valence-electron chi connectivity index (χ3n) is 5.02. The summed E-state index contributed by atoms with van der Waals surface area (Å²) >= 11 is 0. The second-order valence-corrected chi connectivity index (χ2v) is 11.2. The van der Waals surface area contributed by atoms with Crippen LogP contribution in [0.5, 0.6) is 0 Å². The maximum Gasteiger partial charge on any atom is 0.362 e. The molecule has 0 amide bonds. The van der Waals surface area contributed by atoms with Crippen LogP contribution in [0, 0.1) is 0 Å². The largest absolute Gasteiger partial charge is 0.373 e. The first-order chi connectivity index (χ1) is 13.5. The minimum atomic E-state index is -4.56. The molecule has 0 aliphatic heterocycles. The van der Waals surface area contributed by atoms with Crippen molar-refractivity contribution in [2.75, 3.05) is 27.7 Å². The molecule has 0 aromatic rings. The molecule has 0 aromatic carbocycles. The number of likely N-dealkylation sites (N-methyl/N-ethyl adjacent to an activating group) is 1. The summed E-state index contributed by atoms with van der Waals surface area (Å²) in [5.41, 5.74) is 0. The van der Waals surface area contributed by atoms with Crippen molar-refractivity contribution in [1.82, 2.24) is 0 Å². The Hall–Kier alpha value is -0.450. The maximum atomic E-state index is 11.7. The number of hydrogen-bond acceptors (Lipinski definition) is 2. The Morgan fingerprint density at radius 3 is 1.55 bits per heavy atom. The van der Waals surface area contributed by atoms with Crippen molar-refractivity contribution in [1.29, 1.82) is 0 Å². The first kappa shape index (κ1) is 28.5. The lowest BCUT2D eigenvalue weighted by Gasteiger charge is -2.35. The van der Waals surface area contributed by atoms with E-state index in [0.717, 1.165) is 19.3 Å². The van der Waals surface area contributed by atoms with Gasteiger partial charge in [-0.2, -0.15) is 0 Å². The molecule has 0 rings (SSSR count). The van der Waals surface area contributed by atoms with Crippen LogP contribution in [0.1, 0.15) is 90.4 Å². The SMILES string of the molecule is CCCCC/C=C\CCCCC/C=C\CCCCC(O)(C[N+](C)(C)C)P(=O)(O)O. The molecule has 0 heterocycles. The van der Waals surface area contributed by atoms with Gasteiger partial charge >= 0.3 is 7.60 Å². The van der Waals surface area contributed by atoms with E-state index in [4.69, 9.17) is 0 Å². The molecular formula is C23H47NO4P+. The molecule has 0 aromatic heterocycles. The summed E-state index contributed by atoms with van der Waals surface area (Å²) in [4.78, 5) is 19.1. The van der Waals surface area contributed by atoms with Crippen LogP contribution in [0.4, 0.5) is 0 Å². The van der Waals surface area contributed by atoms with Crippen LogP contribution in [-0.2, 0) is 4.57 Å². The molecule has 0 saturated carbocycles. The van der Waals surface area contributed by atoms with Crippen LogP contribution in [-0.4, -0.2) is 52.4 Å². The molecule has 0 aliphatic rings. The van der Waals surface area contributed by atoms with E-state index in [1.165, 1.54) is 51.4 Å². The highest BCUT2D eigenvalue weighted by atomic mass is 31.2. The summed E-state index contributed by atoms with van der Waals surface area (Å²) in [6.07, 6.45) is 22.6. The van der Waals surface area contributed by atoms with Gasteiger partial charge in [-0.05, 0) is 64.2 Å². The number of allylic oxidation sites excluding steroid dienone is 4. The highest BCUT2D eigenvalue weighted by Gasteiger charge is 2.48. The Morgan fingerprint density at radius 2 is 1.17 bits per heavy atom. The Morgan fingerprint density at radius 1 is 0.759 bits per heavy atom. The van der Waals surface area contributed by atoms with Crippen LogP contribution < -0.4 is 0 Å². The van der Waals surface area contributed by atoms with Crippen molar-refractivity contribution in [3.05, 3.63) is 24.3 Å². The summed E-state index contributed by atoms with van der Waals surface area (Å²) in [6, 6.07) is 0. The van der Waals surface area contributed by atoms with Crippen LogP contribution in [0.2, 0.25) is 0 Å². The average Bonchev–Trinajstić information content (AvgIpc) is 2.59. The Kier molecular flexibility index (Phi) is 15.1. The molecule has 0 spiro atoms. The van der Waals surface area contributed by atoms with Gasteiger partial charge in [0.1, 0.15) is 6.54 Å². The fourth-order valence-electron chi connectivity index (χ4n) is 3.43. The molecule has 0 fully saturated rings. The van der Waals surface area contributed by atoms with E-state index in [0.29, 0.717) is 10.9 Å². The highest BCUT2D eigenvalue weighted by Crippen LogP contribution is 2.52. The molecule has 0 bridgehead atoms. The fraction of sp³-hybridized carbons (Fsp3) is 0.826. The third-order valence-corrected chi connectivity index (χ3v) is 6.47. The first-order valence-electron chi connectivity index (χ1n) is 11.4. The lowest BCUT2D eigenvalue weighted by molar-refractivity contribution is -0.875. The second-order valence-electron chi connectivity index (χ2n) is 9.30. The van der Waals surface area contributed by atoms with Crippen molar-refractivity contribution in [3.8, 4) is 0 Å². The zero-order chi connectivity index (χ0) is 22.2. The summed E-state index contributed by atoms with van der Waals surface area (Å²) in [7, 11) is 0.923. The Balaban J connectivity index is 3.81. The van der Waals surface area contributed by atoms with Gasteiger partial charge in [0.05, 0.1) is 21.1 Å². The van der Waals surface area contributed by atoms with Gasteiger partial charge in [0.25, 0.3) is 0 Å². The van der Waals surface area contributed by atoms with Crippen molar-refractivity contribution >= 4 is 7.60 Å². The van der Waals surface area contributed by atoms with Gasteiger partial charge in [-0.3, -0.25) is 4.57 Å². The lowest BCUT2D eigenvalue weighted by Crippen LogP contribution is -2.49. The number of hydrogen-bond donors (Lipinski definition) is 3. The Labute approximate surface area is 179 Å². The molecule has 172 valence electrons. The quantitative estimate of drug-likeness (QED) is 0.111. The molecule has 29 heavy (non-hydrogen) atoms. The standard InChI is InChI=1S/C23H46NO4P/c1-5-6-7-8-9-10-11-12-13-14-15-16-17-18-19-20-21-23(25,29(26,27)28)22-24(2,3)4/h9-10,16-17,25H,5-8,11-15,18-22H2,1-4H3,(H-,26,27,28)/p+1/b10-9-,17-16-. The maximum absolute atomic E-state index is 11.7. The fourth-order valence-corrected chi connectivity index (χ4v) is 4.49. The predicted molar refractivity (Wildman–Crippen MR) is 124 cm³/mol. The van der Waals surface area contributed by atoms with Gasteiger partial charge in [0, 0.05) is 0 Å². The zero-order valence-corrected chi connectivity index (χ0v) is 20.2. The normalized spacial score (nSPS) is 15.4. The van der Waals surface area contributed by atoms with Gasteiger partial charge < -0.3 is 19.4 Å². The van der Waals surface area contributed by atoms with E-state index in [1.54, 1.807) is 0 Å². The Bertz CT molecular complexity index is 507. The summed E-state index contributed by atoms with van der Waals surface area (Å²) in [5, 5.41) is 8.57. The van der Waals surface area contributed by atoms with Crippen molar-refractivity contribution in [3.63, 3.8) is 0 Å². The van der Waals surface area contributed by atoms with Gasteiger partial charge in [0.2, 0.25) is 5.34 Å². The second kappa shape index (κ2) is 15.4. The van der Waals surface area contributed by atoms with E-state index < -0.39 is 12.9 Å². The topological polar surface area (TPSA) is 77.8 Å². The minimum absolute atomic E-state index is 0.0427. The predicted octanol–water partition coefficient (Wildman–Crippen LogP) is 5.76. The van der Waals surface area contributed by atoms with E-state index in [-0.39, 0.29) is 13.0 Å². The first-order valence-corrected chi connectivity index (χ1v) is 13.0. The summed E-state index contributed by atoms with van der Waals surface area (Å²) in [6.45, 7) is 2.28. The average molecular weight is 433 g/mol. The van der Waals surface area contributed by atoms with Crippen LogP contribution in [0.25, 0.3) is 0 Å². The molecule has 5 nitrogen and oxygen atoms in total. The molecule has 3 N–H and O–H groups in total. The van der Waals surface area contributed by atoms with E-state index in [1.807, 2.05) is 21.1 Å². The van der Waals surface area contributed by atoms with Gasteiger partial charge in [-0.1, -0.05) is 50.5 Å². The highest BCUT2D eigenvalue weighted by molar-refractivity contribution is 7.53. The minimum Gasteiger partial charge on any atom is -0.373 e. The molecule has 1 unspecified atom stereocenters. The van der Waals surface area contributed by atoms with E-state index >= 15 is 0 Å². The lowest BCUT2D eigenvalue weighted by atomic mass is 10.1. The van der Waals surface area contributed by atoms with Gasteiger partial charge in [-0.15, -0.1) is 0 Å². The third kappa shape index (κ3) is 16.0. The molecular weight excluding hydrogens is 385 g/mol. The van der Waals surface area contributed by atoms with Crippen molar-refractivity contribution < 1.29 is 23.9 Å². The van der Waals surface area contributed by atoms with Crippen molar-refractivity contribution in [2.24, 2.45) is 0 Å². The smallest absolute Gasteiger partial charge is 0.362 e. The van der Waals surface area contributed by atoms with Crippen LogP contribution in [0.3, 0.4) is 0 Å². The van der Waals surface area contributed by atoms with Crippen LogP contribution >= 0.6 is 7.60 Å². The molecule has 6 heteroatoms. The monoisotopic (exact) mass is 432 g/mol. The summed E-state index contributed by atoms with van der Waals surface area (Å²) in [5.74, 6) is 0. The number of unbranched alkanes of at least 4 members (excludes halogenated alkanes) is 9. The molecule has 1 atom stereocenters. The van der Waals surface area contributed by atoms with Gasteiger partial charge in [-0.25, -0.2) is 0 Å². The number of nitrogens with zero attached hydrogens (tertiary/aromatic N) is 1. The van der Waals surface area contributed by atoms with Crippen molar-refractivity contribution in [2.45, 2.75) is 95.7 Å². The van der Waals surface area contributed by atoms with E-state index in [2.05, 4.69) is 31.2 Å². The van der Waals surface area contributed by atoms with Crippen LogP contribution in [0.15, 0.2) is 24.3 Å². The number of rotatable bonds is 18. The molecule has 0 aliphatic carbocycles. The zero-order valence-electron chi connectivity index (χ0n) is 19.4. The number of aliphatic hydroxyl groups is 1. The van der Waals surface area contributed by atoms with E-state index in [9.17, 15) is 19.5 Å². The summed E-state index contributed by atoms with van der Waals surface area (Å²) < 4.78 is 12.1.